The van der Waals surface area contributed by atoms with E-state index in [2.05, 4.69) is 26.1 Å². The number of carbonyl (C=O) groups is 3. The summed E-state index contributed by atoms with van der Waals surface area (Å²) in [6.45, 7) is 4.83. The number of morpholine rings is 1. The molecule has 30 heavy (non-hydrogen) atoms. The van der Waals surface area contributed by atoms with Crippen LogP contribution in [0.25, 0.3) is 6.08 Å². The molecule has 8 heteroatoms. The van der Waals surface area contributed by atoms with Crippen LogP contribution in [-0.2, 0) is 14.3 Å². The van der Waals surface area contributed by atoms with Gasteiger partial charge in [-0.2, -0.15) is 0 Å². The van der Waals surface area contributed by atoms with Gasteiger partial charge in [0.1, 0.15) is 5.57 Å². The van der Waals surface area contributed by atoms with Gasteiger partial charge in [-0.05, 0) is 54.5 Å². The Morgan fingerprint density at radius 2 is 1.73 bits per heavy atom. The molecule has 2 aliphatic rings. The Kier molecular flexibility index (Phi) is 5.69. The maximum Gasteiger partial charge on any atom is 0.335 e. The fraction of sp³-hybridized carbons (Fsp3) is 0.227. The highest BCUT2D eigenvalue weighted by Crippen LogP contribution is 2.28. The molecule has 0 saturated carbocycles. The quantitative estimate of drug-likeness (QED) is 0.551. The maximum absolute atomic E-state index is 13.0. The normalized spacial score (nSPS) is 18.7. The molecule has 1 N–H and O–H groups in total. The molecule has 2 saturated heterocycles. The number of urea groups is 1. The lowest BCUT2D eigenvalue weighted by molar-refractivity contribution is -0.122. The van der Waals surface area contributed by atoms with Crippen LogP contribution in [0.15, 0.2) is 52.5 Å². The molecule has 2 aromatic rings. The summed E-state index contributed by atoms with van der Waals surface area (Å²) in [6, 6.07) is 12.1. The van der Waals surface area contributed by atoms with E-state index >= 15 is 0 Å². The van der Waals surface area contributed by atoms with E-state index in [1.54, 1.807) is 25.1 Å². The van der Waals surface area contributed by atoms with Crippen molar-refractivity contribution in [1.29, 1.82) is 0 Å². The number of nitrogens with zero attached hydrogens (tertiary/aromatic N) is 2. The number of hydrogen-bond donors (Lipinski definition) is 1. The number of halogens is 1. The number of anilines is 2. The SMILES string of the molecule is Cc1cc(Br)ccc1N1C(=O)NC(=O)/C(=C\c2ccc(N3CCOCC3)cc2)C1=O. The highest BCUT2D eigenvalue weighted by atomic mass is 79.9. The number of rotatable bonds is 3. The summed E-state index contributed by atoms with van der Waals surface area (Å²) in [7, 11) is 0. The van der Waals surface area contributed by atoms with E-state index in [9.17, 15) is 14.4 Å². The molecule has 0 aliphatic carbocycles. The minimum Gasteiger partial charge on any atom is -0.378 e. The summed E-state index contributed by atoms with van der Waals surface area (Å²) in [5.41, 5.74) is 2.84. The van der Waals surface area contributed by atoms with Crippen molar-refractivity contribution in [3.63, 3.8) is 0 Å². The molecule has 0 radical (unpaired) electrons. The Morgan fingerprint density at radius 1 is 1.03 bits per heavy atom. The van der Waals surface area contributed by atoms with Gasteiger partial charge in [0.05, 0.1) is 18.9 Å². The molecule has 0 unspecified atom stereocenters. The number of aryl methyl sites for hydroxylation is 1. The summed E-state index contributed by atoms with van der Waals surface area (Å²) in [6.07, 6.45) is 1.51. The van der Waals surface area contributed by atoms with Crippen molar-refractivity contribution in [3.05, 3.63) is 63.6 Å². The van der Waals surface area contributed by atoms with Crippen molar-refractivity contribution in [2.75, 3.05) is 36.1 Å². The van der Waals surface area contributed by atoms with E-state index in [1.165, 1.54) is 6.08 Å². The van der Waals surface area contributed by atoms with Crippen molar-refractivity contribution in [2.45, 2.75) is 6.92 Å². The number of amides is 4. The van der Waals surface area contributed by atoms with Crippen molar-refractivity contribution in [1.82, 2.24) is 5.32 Å². The van der Waals surface area contributed by atoms with Gasteiger partial charge in [0.15, 0.2) is 0 Å². The van der Waals surface area contributed by atoms with Gasteiger partial charge in [0, 0.05) is 23.2 Å². The Balaban J connectivity index is 1.62. The third-order valence-electron chi connectivity index (χ3n) is 5.08. The molecule has 2 aromatic carbocycles. The number of carbonyl (C=O) groups excluding carboxylic acids is 3. The van der Waals surface area contributed by atoms with E-state index in [0.717, 1.165) is 33.7 Å². The van der Waals surface area contributed by atoms with Crippen LogP contribution in [0.5, 0.6) is 0 Å². The fourth-order valence-corrected chi connectivity index (χ4v) is 3.99. The van der Waals surface area contributed by atoms with Crippen LogP contribution in [0.2, 0.25) is 0 Å². The Labute approximate surface area is 182 Å². The molecule has 0 bridgehead atoms. The number of nitrogens with one attached hydrogen (secondary N) is 1. The zero-order valence-electron chi connectivity index (χ0n) is 16.4. The van der Waals surface area contributed by atoms with Gasteiger partial charge < -0.3 is 9.64 Å². The smallest absolute Gasteiger partial charge is 0.335 e. The average Bonchev–Trinajstić information content (AvgIpc) is 2.73. The average molecular weight is 470 g/mol. The molecule has 4 rings (SSSR count). The van der Waals surface area contributed by atoms with E-state index in [1.807, 2.05) is 24.3 Å². The summed E-state index contributed by atoms with van der Waals surface area (Å²) >= 11 is 3.37. The zero-order valence-corrected chi connectivity index (χ0v) is 17.9. The van der Waals surface area contributed by atoms with Gasteiger partial charge in [-0.15, -0.1) is 0 Å². The second-order valence-electron chi connectivity index (χ2n) is 7.08. The maximum atomic E-state index is 13.0. The van der Waals surface area contributed by atoms with Gasteiger partial charge in [-0.25, -0.2) is 9.69 Å². The minimum atomic E-state index is -0.754. The number of barbiturate groups is 1. The molecule has 0 atom stereocenters. The Morgan fingerprint density at radius 3 is 2.40 bits per heavy atom. The lowest BCUT2D eigenvalue weighted by atomic mass is 10.1. The molecule has 4 amide bonds. The van der Waals surface area contributed by atoms with Crippen molar-refractivity contribution in [2.24, 2.45) is 0 Å². The first-order chi connectivity index (χ1) is 14.4. The number of imide groups is 2. The van der Waals surface area contributed by atoms with Crippen molar-refractivity contribution in [3.8, 4) is 0 Å². The molecule has 0 aromatic heterocycles. The van der Waals surface area contributed by atoms with Gasteiger partial charge in [-0.1, -0.05) is 28.1 Å². The van der Waals surface area contributed by atoms with E-state index in [-0.39, 0.29) is 5.57 Å². The Bertz CT molecular complexity index is 1040. The zero-order chi connectivity index (χ0) is 21.3. The first-order valence-corrected chi connectivity index (χ1v) is 10.3. The predicted molar refractivity (Wildman–Crippen MR) is 117 cm³/mol. The third-order valence-corrected chi connectivity index (χ3v) is 5.57. The summed E-state index contributed by atoms with van der Waals surface area (Å²) in [5, 5.41) is 2.26. The van der Waals surface area contributed by atoms with Gasteiger partial charge in [0.2, 0.25) is 0 Å². The number of hydrogen-bond acceptors (Lipinski definition) is 5. The lowest BCUT2D eigenvalue weighted by Crippen LogP contribution is -2.54. The van der Waals surface area contributed by atoms with Crippen LogP contribution in [0.1, 0.15) is 11.1 Å². The molecular formula is C22H20BrN3O4. The molecular weight excluding hydrogens is 450 g/mol. The predicted octanol–water partition coefficient (Wildman–Crippen LogP) is 3.26. The highest BCUT2D eigenvalue weighted by molar-refractivity contribution is 9.10. The van der Waals surface area contributed by atoms with Gasteiger partial charge >= 0.3 is 6.03 Å². The van der Waals surface area contributed by atoms with Crippen molar-refractivity contribution < 1.29 is 19.1 Å². The molecule has 2 aliphatic heterocycles. The molecule has 2 heterocycles. The largest absolute Gasteiger partial charge is 0.378 e. The standard InChI is InChI=1S/C22H20BrN3O4/c1-14-12-16(23)4-7-19(14)26-21(28)18(20(27)24-22(26)29)13-15-2-5-17(6-3-15)25-8-10-30-11-9-25/h2-7,12-13H,8-11H2,1H3,(H,24,27,29)/b18-13+. The molecule has 2 fully saturated rings. The van der Waals surface area contributed by atoms with Gasteiger partial charge in [0.25, 0.3) is 11.8 Å². The first-order valence-electron chi connectivity index (χ1n) is 9.54. The minimum absolute atomic E-state index is 0.0870. The van der Waals surface area contributed by atoms with Crippen LogP contribution in [0, 0.1) is 6.92 Å². The second kappa shape index (κ2) is 8.41. The summed E-state index contributed by atoms with van der Waals surface area (Å²) in [4.78, 5) is 41.0. The number of benzene rings is 2. The van der Waals surface area contributed by atoms with Crippen LogP contribution >= 0.6 is 15.9 Å². The lowest BCUT2D eigenvalue weighted by Gasteiger charge is -2.29. The van der Waals surface area contributed by atoms with Crippen molar-refractivity contribution >= 4 is 51.2 Å². The van der Waals surface area contributed by atoms with Crippen LogP contribution in [0.3, 0.4) is 0 Å². The van der Waals surface area contributed by atoms with Crippen LogP contribution < -0.4 is 15.1 Å². The van der Waals surface area contributed by atoms with Crippen LogP contribution in [0.4, 0.5) is 16.2 Å². The molecule has 0 spiro atoms. The van der Waals surface area contributed by atoms with Gasteiger partial charge in [-0.3, -0.25) is 14.9 Å². The number of ether oxygens (including phenoxy) is 1. The van der Waals surface area contributed by atoms with E-state index < -0.39 is 17.8 Å². The third kappa shape index (κ3) is 4.01. The first kappa shape index (κ1) is 20.3. The van der Waals surface area contributed by atoms with Crippen LogP contribution in [-0.4, -0.2) is 44.1 Å². The van der Waals surface area contributed by atoms with E-state index in [0.29, 0.717) is 24.5 Å². The second-order valence-corrected chi connectivity index (χ2v) is 8.00. The molecule has 154 valence electrons. The monoisotopic (exact) mass is 469 g/mol. The summed E-state index contributed by atoms with van der Waals surface area (Å²) in [5.74, 6) is -1.35. The molecule has 7 nitrogen and oxygen atoms in total. The highest BCUT2D eigenvalue weighted by Gasteiger charge is 2.37. The fourth-order valence-electron chi connectivity index (χ4n) is 3.52. The van der Waals surface area contributed by atoms with E-state index in [4.69, 9.17) is 4.74 Å². The topological polar surface area (TPSA) is 79.0 Å². The Hall–Kier alpha value is -2.97. The summed E-state index contributed by atoms with van der Waals surface area (Å²) < 4.78 is 6.21.